The molecule has 0 saturated carbocycles. The van der Waals surface area contributed by atoms with Crippen LogP contribution in [-0.4, -0.2) is 22.8 Å². The molecule has 1 aromatic heterocycles. The molecule has 0 spiro atoms. The van der Waals surface area contributed by atoms with Crippen molar-refractivity contribution < 1.29 is 14.0 Å². The third-order valence-electron chi connectivity index (χ3n) is 4.72. The lowest BCUT2D eigenvalue weighted by molar-refractivity contribution is -0.129. The first-order chi connectivity index (χ1) is 12.1. The Hall–Kier alpha value is -2.63. The quantitative estimate of drug-likeness (QED) is 0.907. The molecule has 132 valence electrons. The van der Waals surface area contributed by atoms with Crippen LogP contribution in [0.25, 0.3) is 0 Å². The zero-order chi connectivity index (χ0) is 17.8. The van der Waals surface area contributed by atoms with Crippen LogP contribution in [0.1, 0.15) is 38.0 Å². The minimum atomic E-state index is -0.531. The van der Waals surface area contributed by atoms with Crippen molar-refractivity contribution in [3.8, 4) is 0 Å². The van der Waals surface area contributed by atoms with E-state index in [1.54, 1.807) is 11.1 Å². The Morgan fingerprint density at radius 1 is 1.44 bits per heavy atom. The highest BCUT2D eigenvalue weighted by atomic mass is 16.3. The second-order valence-corrected chi connectivity index (χ2v) is 6.43. The van der Waals surface area contributed by atoms with Crippen molar-refractivity contribution in [3.63, 3.8) is 0 Å². The average Bonchev–Trinajstić information content (AvgIpc) is 3.11. The maximum Gasteiger partial charge on any atom is 0.249 e. The lowest BCUT2D eigenvalue weighted by atomic mass is 10.0. The van der Waals surface area contributed by atoms with Crippen LogP contribution in [0, 0.1) is 5.92 Å². The van der Waals surface area contributed by atoms with Crippen LogP contribution >= 0.6 is 0 Å². The summed E-state index contributed by atoms with van der Waals surface area (Å²) in [6.07, 6.45) is 5.03. The van der Waals surface area contributed by atoms with E-state index >= 15 is 0 Å². The molecule has 2 amide bonds. The Kier molecular flexibility index (Phi) is 5.16. The third-order valence-corrected chi connectivity index (χ3v) is 4.72. The van der Waals surface area contributed by atoms with Crippen molar-refractivity contribution >= 4 is 17.5 Å². The molecule has 2 atom stereocenters. The number of hydrogen-bond donors (Lipinski definition) is 1. The van der Waals surface area contributed by atoms with E-state index in [1.165, 1.54) is 6.39 Å². The van der Waals surface area contributed by atoms with Crippen LogP contribution in [0.4, 0.5) is 5.69 Å². The van der Waals surface area contributed by atoms with Crippen LogP contribution in [0.2, 0.25) is 0 Å². The number of benzene rings is 1. The van der Waals surface area contributed by atoms with E-state index in [1.807, 2.05) is 38.1 Å². The van der Waals surface area contributed by atoms with E-state index in [4.69, 9.17) is 4.42 Å². The molecular weight excluding hydrogens is 318 g/mol. The fraction of sp³-hybridized carbons (Fsp3) is 0.421. The summed E-state index contributed by atoms with van der Waals surface area (Å²) < 4.78 is 5.32. The van der Waals surface area contributed by atoms with Crippen molar-refractivity contribution in [3.05, 3.63) is 48.2 Å². The van der Waals surface area contributed by atoms with E-state index in [-0.39, 0.29) is 17.7 Å². The minimum Gasteiger partial charge on any atom is -0.447 e. The number of rotatable bonds is 5. The third kappa shape index (κ3) is 3.73. The number of oxazole rings is 1. The van der Waals surface area contributed by atoms with Gasteiger partial charge >= 0.3 is 0 Å². The summed E-state index contributed by atoms with van der Waals surface area (Å²) in [6, 6.07) is 7.31. The smallest absolute Gasteiger partial charge is 0.249 e. The summed E-state index contributed by atoms with van der Waals surface area (Å²) in [6.45, 7) is 4.13. The molecule has 1 aliphatic heterocycles. The first kappa shape index (κ1) is 17.2. The van der Waals surface area contributed by atoms with Crippen molar-refractivity contribution in [1.82, 2.24) is 10.3 Å². The number of nitrogens with zero attached hydrogens (tertiary/aromatic N) is 2. The summed E-state index contributed by atoms with van der Waals surface area (Å²) in [5.74, 6) is 0.308. The molecule has 1 aromatic carbocycles. The highest BCUT2D eigenvalue weighted by Gasteiger charge is 2.32. The molecule has 1 aliphatic rings. The van der Waals surface area contributed by atoms with Gasteiger partial charge < -0.3 is 14.6 Å². The Labute approximate surface area is 147 Å². The Balaban J connectivity index is 1.88. The largest absolute Gasteiger partial charge is 0.447 e. The van der Waals surface area contributed by atoms with Gasteiger partial charge in [-0.05, 0) is 30.9 Å². The van der Waals surface area contributed by atoms with Crippen LogP contribution in [0.15, 0.2) is 41.3 Å². The van der Waals surface area contributed by atoms with Crippen molar-refractivity contribution in [2.45, 2.75) is 45.7 Å². The van der Waals surface area contributed by atoms with E-state index < -0.39 is 6.04 Å². The summed E-state index contributed by atoms with van der Waals surface area (Å²) in [7, 11) is 0. The minimum absolute atomic E-state index is 0.0774. The molecule has 3 rings (SSSR count). The molecule has 0 unspecified atom stereocenters. The Morgan fingerprint density at radius 3 is 2.96 bits per heavy atom. The highest BCUT2D eigenvalue weighted by Crippen LogP contribution is 2.28. The fourth-order valence-corrected chi connectivity index (χ4v) is 2.99. The number of anilines is 1. The molecule has 0 aliphatic carbocycles. The summed E-state index contributed by atoms with van der Waals surface area (Å²) >= 11 is 0. The van der Waals surface area contributed by atoms with Gasteiger partial charge in [0.1, 0.15) is 11.8 Å². The molecule has 6 heteroatoms. The van der Waals surface area contributed by atoms with Crippen LogP contribution in [-0.2, 0) is 22.6 Å². The van der Waals surface area contributed by atoms with E-state index in [0.717, 1.165) is 24.1 Å². The summed E-state index contributed by atoms with van der Waals surface area (Å²) in [4.78, 5) is 31.0. The second-order valence-electron chi connectivity index (χ2n) is 6.43. The lowest BCUT2D eigenvalue weighted by Crippen LogP contribution is -2.49. The number of aromatic nitrogens is 1. The molecule has 0 fully saturated rings. The normalized spacial score (nSPS) is 18.4. The molecule has 25 heavy (non-hydrogen) atoms. The zero-order valence-electron chi connectivity index (χ0n) is 14.6. The van der Waals surface area contributed by atoms with Crippen molar-refractivity contribution in [1.29, 1.82) is 0 Å². The molecule has 0 bridgehead atoms. The molecular formula is C19H23N3O3. The standard InChI is InChI=1S/C19H23N3O3/c1-3-13(2)18(23)21-16-9-8-14-6-4-5-7-17(14)22(19(16)24)11-15-10-20-12-25-15/h4-7,10,12-13,16H,3,8-9,11H2,1-2H3,(H,21,23)/t13-,16+/m1/s1. The second kappa shape index (κ2) is 7.51. The number of para-hydroxylation sites is 1. The Bertz CT molecular complexity index is 742. The number of carbonyl (C=O) groups excluding carboxylic acids is 2. The van der Waals surface area contributed by atoms with Crippen molar-refractivity contribution in [2.75, 3.05) is 4.90 Å². The van der Waals surface area contributed by atoms with Crippen LogP contribution < -0.4 is 10.2 Å². The summed E-state index contributed by atoms with van der Waals surface area (Å²) in [5, 5.41) is 2.93. The molecule has 2 heterocycles. The monoisotopic (exact) mass is 341 g/mol. The number of nitrogens with one attached hydrogen (secondary N) is 1. The first-order valence-electron chi connectivity index (χ1n) is 8.67. The Morgan fingerprint density at radius 2 is 2.24 bits per heavy atom. The molecule has 6 nitrogen and oxygen atoms in total. The first-order valence-corrected chi connectivity index (χ1v) is 8.67. The van der Waals surface area contributed by atoms with Gasteiger partial charge in [0.15, 0.2) is 6.39 Å². The number of carbonyl (C=O) groups is 2. The van der Waals surface area contributed by atoms with Gasteiger partial charge in [0.2, 0.25) is 11.8 Å². The molecule has 0 radical (unpaired) electrons. The number of fused-ring (bicyclic) bond motifs is 1. The lowest BCUT2D eigenvalue weighted by Gasteiger charge is -2.26. The van der Waals surface area contributed by atoms with E-state index in [9.17, 15) is 9.59 Å². The molecule has 0 saturated heterocycles. The number of aryl methyl sites for hydroxylation is 1. The van der Waals surface area contributed by atoms with Gasteiger partial charge in [-0.2, -0.15) is 0 Å². The van der Waals surface area contributed by atoms with Gasteiger partial charge in [-0.25, -0.2) is 4.98 Å². The van der Waals surface area contributed by atoms with Crippen LogP contribution in [0.3, 0.4) is 0 Å². The van der Waals surface area contributed by atoms with E-state index in [2.05, 4.69) is 10.3 Å². The number of hydrogen-bond acceptors (Lipinski definition) is 4. The van der Waals surface area contributed by atoms with Gasteiger partial charge in [0.25, 0.3) is 0 Å². The van der Waals surface area contributed by atoms with E-state index in [0.29, 0.717) is 18.7 Å². The SMILES string of the molecule is CC[C@@H](C)C(=O)N[C@H]1CCc2ccccc2N(Cc2cnco2)C1=O. The predicted molar refractivity (Wildman–Crippen MR) is 93.8 cm³/mol. The fourth-order valence-electron chi connectivity index (χ4n) is 2.99. The maximum absolute atomic E-state index is 13.1. The van der Waals surface area contributed by atoms with Crippen LogP contribution in [0.5, 0.6) is 0 Å². The van der Waals surface area contributed by atoms with Gasteiger partial charge in [0, 0.05) is 11.6 Å². The summed E-state index contributed by atoms with van der Waals surface area (Å²) in [5.41, 5.74) is 1.96. The van der Waals surface area contributed by atoms with Gasteiger partial charge in [-0.1, -0.05) is 32.0 Å². The topological polar surface area (TPSA) is 75.4 Å². The van der Waals surface area contributed by atoms with Crippen molar-refractivity contribution in [2.24, 2.45) is 5.92 Å². The molecule has 2 aromatic rings. The van der Waals surface area contributed by atoms with Gasteiger partial charge in [-0.15, -0.1) is 0 Å². The maximum atomic E-state index is 13.1. The van der Waals surface area contributed by atoms with Gasteiger partial charge in [0.05, 0.1) is 12.7 Å². The average molecular weight is 341 g/mol. The predicted octanol–water partition coefficient (Wildman–Crippen LogP) is 2.68. The number of amides is 2. The highest BCUT2D eigenvalue weighted by molar-refractivity contribution is 6.00. The van der Waals surface area contributed by atoms with Gasteiger partial charge in [-0.3, -0.25) is 9.59 Å². The molecule has 1 N–H and O–H groups in total. The zero-order valence-corrected chi connectivity index (χ0v) is 14.6.